The van der Waals surface area contributed by atoms with Gasteiger partial charge >= 0.3 is 0 Å². The Morgan fingerprint density at radius 1 is 0.239 bits per heavy atom. The van der Waals surface area contributed by atoms with Crippen molar-refractivity contribution in [2.45, 2.75) is 0 Å². The predicted octanol–water partition coefficient (Wildman–Crippen LogP) is 16.6. The SMILES string of the molecule is c1ccc(-c2ccc3c(c2)c2ccccc2n3-c2cccc3c4c(-c5nc(-c6ccccc6)nc(-c6ccc7c8ccccc8c8ccccc8c7c6)n5)cccc4c4ccccc4c23)cc1. The molecule has 0 bridgehead atoms. The summed E-state index contributed by atoms with van der Waals surface area (Å²) in [5.74, 6) is 1.89. The van der Waals surface area contributed by atoms with Crippen molar-refractivity contribution in [3.63, 3.8) is 0 Å². The molecule has 14 aromatic rings. The maximum atomic E-state index is 5.45. The summed E-state index contributed by atoms with van der Waals surface area (Å²) in [6.45, 7) is 0. The molecule has 14 rings (SSSR count). The highest BCUT2D eigenvalue weighted by Crippen LogP contribution is 2.45. The summed E-state index contributed by atoms with van der Waals surface area (Å²) < 4.78 is 2.46. The van der Waals surface area contributed by atoms with Crippen molar-refractivity contribution in [1.82, 2.24) is 19.5 Å². The zero-order chi connectivity index (χ0) is 44.0. The second-order valence-electron chi connectivity index (χ2n) is 17.4. The fourth-order valence-electron chi connectivity index (χ4n) is 10.8. The summed E-state index contributed by atoms with van der Waals surface area (Å²) in [5.41, 5.74) is 8.69. The number of aromatic nitrogens is 4. The van der Waals surface area contributed by atoms with Crippen LogP contribution in [0.2, 0.25) is 0 Å². The van der Waals surface area contributed by atoms with Crippen molar-refractivity contribution in [2.24, 2.45) is 0 Å². The summed E-state index contributed by atoms with van der Waals surface area (Å²) in [6, 6.07) is 82.9. The van der Waals surface area contributed by atoms with Crippen molar-refractivity contribution < 1.29 is 0 Å². The van der Waals surface area contributed by atoms with Crippen LogP contribution in [0.25, 0.3) is 137 Å². The Hall–Kier alpha value is -8.99. The molecule has 67 heavy (non-hydrogen) atoms. The van der Waals surface area contributed by atoms with E-state index in [1.165, 1.54) is 75.9 Å². The van der Waals surface area contributed by atoms with E-state index in [2.05, 4.69) is 217 Å². The summed E-state index contributed by atoms with van der Waals surface area (Å²) >= 11 is 0. The number of fused-ring (bicyclic) bond motifs is 15. The molecule has 0 radical (unpaired) electrons. The Morgan fingerprint density at radius 3 is 1.42 bits per heavy atom. The van der Waals surface area contributed by atoms with Gasteiger partial charge in [-0.05, 0) is 95.3 Å². The van der Waals surface area contributed by atoms with Gasteiger partial charge in [-0.1, -0.05) is 200 Å². The number of hydrogen-bond donors (Lipinski definition) is 0. The molecule has 12 aromatic carbocycles. The monoisotopic (exact) mass is 850 g/mol. The Balaban J connectivity index is 1.04. The second kappa shape index (κ2) is 14.8. The van der Waals surface area contributed by atoms with Gasteiger partial charge in [-0.25, -0.2) is 15.0 Å². The molecule has 0 aliphatic carbocycles. The van der Waals surface area contributed by atoms with Crippen molar-refractivity contribution in [1.29, 1.82) is 0 Å². The Labute approximate surface area is 385 Å². The molecular formula is C63H38N4. The van der Waals surface area contributed by atoms with Gasteiger partial charge in [0.25, 0.3) is 0 Å². The summed E-state index contributed by atoms with van der Waals surface area (Å²) in [6.07, 6.45) is 0. The molecule has 0 saturated carbocycles. The van der Waals surface area contributed by atoms with E-state index in [0.717, 1.165) is 44.1 Å². The van der Waals surface area contributed by atoms with Gasteiger partial charge in [-0.2, -0.15) is 0 Å². The minimum Gasteiger partial charge on any atom is -0.309 e. The Morgan fingerprint density at radius 2 is 0.701 bits per heavy atom. The van der Waals surface area contributed by atoms with Crippen molar-refractivity contribution in [3.8, 4) is 51.0 Å². The summed E-state index contributed by atoms with van der Waals surface area (Å²) in [5, 5.41) is 16.7. The van der Waals surface area contributed by atoms with Crippen LogP contribution < -0.4 is 0 Å². The average molecular weight is 851 g/mol. The molecule has 4 nitrogen and oxygen atoms in total. The van der Waals surface area contributed by atoms with Crippen LogP contribution in [0, 0.1) is 0 Å². The van der Waals surface area contributed by atoms with Crippen LogP contribution in [0.3, 0.4) is 0 Å². The number of rotatable bonds is 5. The van der Waals surface area contributed by atoms with E-state index in [-0.39, 0.29) is 0 Å². The van der Waals surface area contributed by atoms with Crippen LogP contribution in [0.1, 0.15) is 0 Å². The summed E-state index contributed by atoms with van der Waals surface area (Å²) in [7, 11) is 0. The van der Waals surface area contributed by atoms with Gasteiger partial charge in [0.05, 0.1) is 16.7 Å². The molecule has 0 saturated heterocycles. The third kappa shape index (κ3) is 5.76. The molecule has 0 aliphatic rings. The third-order valence-electron chi connectivity index (χ3n) is 13.8. The minimum atomic E-state index is 0.630. The smallest absolute Gasteiger partial charge is 0.164 e. The molecular weight excluding hydrogens is 813 g/mol. The standard InChI is InChI=1S/C63H38N4/c1-3-17-39(18-4-1)41-34-36-57-55(37-41)49-26-13-14-31-56(49)67(57)58-32-16-29-52-59-50(47-25-11-12-27-51(47)60(52)58)28-15-30-53(59)63-65-61(40-19-5-2-6-20-40)64-62(66-63)42-33-35-48-45-23-8-7-21-43(45)44-22-9-10-24-46(44)54(48)38-42/h1-38H. The molecule has 0 N–H and O–H groups in total. The van der Waals surface area contributed by atoms with E-state index < -0.39 is 0 Å². The number of hydrogen-bond acceptors (Lipinski definition) is 3. The largest absolute Gasteiger partial charge is 0.309 e. The highest BCUT2D eigenvalue weighted by molar-refractivity contribution is 6.31. The average Bonchev–Trinajstić information content (AvgIpc) is 3.74. The van der Waals surface area contributed by atoms with Crippen LogP contribution in [0.15, 0.2) is 231 Å². The highest BCUT2D eigenvalue weighted by Gasteiger charge is 2.22. The first kappa shape index (κ1) is 37.4. The van der Waals surface area contributed by atoms with Gasteiger partial charge < -0.3 is 4.57 Å². The fraction of sp³-hybridized carbons (Fsp3) is 0. The van der Waals surface area contributed by atoms with E-state index >= 15 is 0 Å². The van der Waals surface area contributed by atoms with Crippen molar-refractivity contribution in [2.75, 3.05) is 0 Å². The lowest BCUT2D eigenvalue weighted by Gasteiger charge is -2.18. The topological polar surface area (TPSA) is 43.6 Å². The molecule has 0 spiro atoms. The first-order valence-corrected chi connectivity index (χ1v) is 22.9. The lowest BCUT2D eigenvalue weighted by molar-refractivity contribution is 1.08. The van der Waals surface area contributed by atoms with Gasteiger partial charge in [0.1, 0.15) is 0 Å². The normalized spacial score (nSPS) is 11.9. The predicted molar refractivity (Wildman–Crippen MR) is 281 cm³/mol. The van der Waals surface area contributed by atoms with E-state index in [0.29, 0.717) is 17.5 Å². The third-order valence-corrected chi connectivity index (χ3v) is 13.8. The van der Waals surface area contributed by atoms with Gasteiger partial charge in [0, 0.05) is 38.2 Å². The quantitative estimate of drug-likeness (QED) is 0.162. The van der Waals surface area contributed by atoms with Gasteiger partial charge in [-0.15, -0.1) is 0 Å². The summed E-state index contributed by atoms with van der Waals surface area (Å²) in [4.78, 5) is 16.0. The number of para-hydroxylation sites is 1. The van der Waals surface area contributed by atoms with Gasteiger partial charge in [-0.3, -0.25) is 0 Å². The zero-order valence-electron chi connectivity index (χ0n) is 36.2. The Bertz CT molecular complexity index is 4290. The molecule has 0 aliphatic heterocycles. The molecule has 0 unspecified atom stereocenters. The molecule has 2 heterocycles. The molecule has 2 aromatic heterocycles. The lowest BCUT2D eigenvalue weighted by atomic mass is 9.90. The van der Waals surface area contributed by atoms with E-state index in [1.807, 2.05) is 18.2 Å². The van der Waals surface area contributed by atoms with Crippen LogP contribution in [0.4, 0.5) is 0 Å². The molecule has 0 fully saturated rings. The molecule has 4 heteroatoms. The number of benzene rings is 12. The second-order valence-corrected chi connectivity index (χ2v) is 17.4. The Kier molecular flexibility index (Phi) is 8.25. The first-order chi connectivity index (χ1) is 33.2. The van der Waals surface area contributed by atoms with Crippen LogP contribution in [-0.4, -0.2) is 19.5 Å². The van der Waals surface area contributed by atoms with E-state index in [4.69, 9.17) is 15.0 Å². The zero-order valence-corrected chi connectivity index (χ0v) is 36.2. The van der Waals surface area contributed by atoms with E-state index in [9.17, 15) is 0 Å². The molecule has 310 valence electrons. The fourth-order valence-corrected chi connectivity index (χ4v) is 10.8. The maximum absolute atomic E-state index is 5.45. The van der Waals surface area contributed by atoms with Crippen LogP contribution in [0.5, 0.6) is 0 Å². The van der Waals surface area contributed by atoms with Crippen LogP contribution >= 0.6 is 0 Å². The van der Waals surface area contributed by atoms with Gasteiger partial charge in [0.15, 0.2) is 17.5 Å². The molecule has 0 amide bonds. The minimum absolute atomic E-state index is 0.630. The first-order valence-electron chi connectivity index (χ1n) is 22.9. The van der Waals surface area contributed by atoms with Gasteiger partial charge in [0.2, 0.25) is 0 Å². The van der Waals surface area contributed by atoms with Crippen molar-refractivity contribution >= 4 is 86.4 Å². The van der Waals surface area contributed by atoms with E-state index in [1.54, 1.807) is 0 Å². The highest BCUT2D eigenvalue weighted by atomic mass is 15.0. The molecule has 0 atom stereocenters. The van der Waals surface area contributed by atoms with Crippen molar-refractivity contribution in [3.05, 3.63) is 231 Å². The lowest BCUT2D eigenvalue weighted by Crippen LogP contribution is -2.01. The van der Waals surface area contributed by atoms with Crippen LogP contribution in [-0.2, 0) is 0 Å². The maximum Gasteiger partial charge on any atom is 0.164 e. The number of nitrogens with zero attached hydrogens (tertiary/aromatic N) is 4.